The van der Waals surface area contributed by atoms with Crippen LogP contribution in [0.2, 0.25) is 0 Å². The summed E-state index contributed by atoms with van der Waals surface area (Å²) >= 11 is 5.68. The van der Waals surface area contributed by atoms with Gasteiger partial charge in [0.1, 0.15) is 0 Å². The van der Waals surface area contributed by atoms with Crippen LogP contribution in [0, 0.1) is 0 Å². The van der Waals surface area contributed by atoms with Gasteiger partial charge in [0.15, 0.2) is 0 Å². The van der Waals surface area contributed by atoms with Gasteiger partial charge < -0.3 is 1.43 Å². The Labute approximate surface area is 81.7 Å². The van der Waals surface area contributed by atoms with E-state index < -0.39 is 0 Å². The minimum atomic E-state index is 0. The molecule has 0 unspecified atom stereocenters. The molecule has 0 radical (unpaired) electrons. The van der Waals surface area contributed by atoms with Gasteiger partial charge >= 0.3 is 29.6 Å². The Bertz CT molecular complexity index is 133. The maximum absolute atomic E-state index is 4.05. The van der Waals surface area contributed by atoms with E-state index in [1.807, 2.05) is 11.7 Å². The zero-order valence-corrected chi connectivity index (χ0v) is 8.38. The molecule has 0 spiro atoms. The summed E-state index contributed by atoms with van der Waals surface area (Å²) in [5, 5.41) is 0. The molecule has 1 aromatic rings. The number of hydrogen-bond donors (Lipinski definition) is 1. The fourth-order valence-electron chi connectivity index (χ4n) is 0.320. The molecule has 1 nitrogen and oxygen atoms in total. The Balaban J connectivity index is 0. The first-order valence-electron chi connectivity index (χ1n) is 1.91. The monoisotopic (exact) mass is 155 g/mol. The van der Waals surface area contributed by atoms with Gasteiger partial charge in [-0.2, -0.15) is 12.6 Å². The summed E-state index contributed by atoms with van der Waals surface area (Å²) in [5.74, 6) is 0.810. The molecule has 0 N–H and O–H groups in total. The Morgan fingerprint density at radius 1 is 1.88 bits per heavy atom. The standard InChI is InChI=1S/C4H5NS2.Na.H/c6-2-4-1-5-3-7-4;;/h1,3,6H,2H2;;/q;+1;-1. The molecule has 0 aromatic carbocycles. The molecule has 0 fully saturated rings. The molecule has 1 rings (SSSR count). The van der Waals surface area contributed by atoms with Crippen molar-refractivity contribution in [1.29, 1.82) is 0 Å². The van der Waals surface area contributed by atoms with Crippen LogP contribution in [-0.4, -0.2) is 4.98 Å². The number of thiol groups is 1. The molecule has 1 heterocycles. The number of thiazole rings is 1. The molecule has 0 saturated heterocycles. The van der Waals surface area contributed by atoms with Crippen molar-refractivity contribution in [2.45, 2.75) is 5.75 Å². The summed E-state index contributed by atoms with van der Waals surface area (Å²) in [5.41, 5.74) is 1.81. The third-order valence-corrected chi connectivity index (χ3v) is 1.97. The molecule has 0 atom stereocenters. The zero-order valence-electron chi connectivity index (χ0n) is 5.66. The van der Waals surface area contributed by atoms with E-state index in [9.17, 15) is 0 Å². The van der Waals surface area contributed by atoms with Crippen LogP contribution in [0.4, 0.5) is 0 Å². The fraction of sp³-hybridized carbons (Fsp3) is 0.250. The summed E-state index contributed by atoms with van der Waals surface area (Å²) in [6.07, 6.45) is 1.83. The van der Waals surface area contributed by atoms with Gasteiger partial charge in [-0.3, -0.25) is 4.98 Å². The number of nitrogens with zero attached hydrogens (tertiary/aromatic N) is 1. The molecule has 0 saturated carbocycles. The maximum atomic E-state index is 4.05. The first-order chi connectivity index (χ1) is 3.43. The molecule has 1 aromatic heterocycles. The van der Waals surface area contributed by atoms with Crippen LogP contribution in [0.15, 0.2) is 11.7 Å². The van der Waals surface area contributed by atoms with E-state index >= 15 is 0 Å². The van der Waals surface area contributed by atoms with Crippen LogP contribution >= 0.6 is 24.0 Å². The Morgan fingerprint density at radius 2 is 2.62 bits per heavy atom. The molecule has 0 aliphatic heterocycles. The predicted octanol–water partition coefficient (Wildman–Crippen LogP) is -1.31. The van der Waals surface area contributed by atoms with Crippen molar-refractivity contribution in [3.63, 3.8) is 0 Å². The second-order valence-corrected chi connectivity index (χ2v) is 2.41. The van der Waals surface area contributed by atoms with Crippen molar-refractivity contribution in [3.05, 3.63) is 16.6 Å². The smallest absolute Gasteiger partial charge is 1.00 e. The Hall–Kier alpha value is 0.980. The normalized spacial score (nSPS) is 8.12. The largest absolute Gasteiger partial charge is 1.00 e. The van der Waals surface area contributed by atoms with Crippen molar-refractivity contribution in [1.82, 2.24) is 4.98 Å². The van der Waals surface area contributed by atoms with Crippen molar-refractivity contribution in [3.8, 4) is 0 Å². The third kappa shape index (κ3) is 2.51. The average molecular weight is 155 g/mol. The number of aromatic nitrogens is 1. The predicted molar refractivity (Wildman–Crippen MR) is 35.9 cm³/mol. The first-order valence-corrected chi connectivity index (χ1v) is 3.43. The molecule has 8 heavy (non-hydrogen) atoms. The van der Waals surface area contributed by atoms with E-state index in [4.69, 9.17) is 0 Å². The molecule has 0 aliphatic carbocycles. The second-order valence-electron chi connectivity index (χ2n) is 1.13. The molecule has 0 amide bonds. The van der Waals surface area contributed by atoms with E-state index in [0.29, 0.717) is 0 Å². The molecular formula is C4H6NNaS2. The van der Waals surface area contributed by atoms with Crippen LogP contribution in [0.25, 0.3) is 0 Å². The van der Waals surface area contributed by atoms with E-state index in [1.54, 1.807) is 11.3 Å². The van der Waals surface area contributed by atoms with Gasteiger partial charge in [0.25, 0.3) is 0 Å². The maximum Gasteiger partial charge on any atom is 1.00 e. The quantitative estimate of drug-likeness (QED) is 0.392. The van der Waals surface area contributed by atoms with E-state index in [-0.39, 0.29) is 31.0 Å². The van der Waals surface area contributed by atoms with E-state index in [1.165, 1.54) is 4.88 Å². The van der Waals surface area contributed by atoms with Crippen molar-refractivity contribution >= 4 is 24.0 Å². The topological polar surface area (TPSA) is 12.9 Å². The number of hydrogen-bond acceptors (Lipinski definition) is 3. The van der Waals surface area contributed by atoms with E-state index in [2.05, 4.69) is 17.6 Å². The number of rotatable bonds is 1. The molecule has 0 aliphatic rings. The van der Waals surface area contributed by atoms with Crippen LogP contribution in [0.1, 0.15) is 6.30 Å². The molecular weight excluding hydrogens is 149 g/mol. The Kier molecular flexibility index (Phi) is 5.41. The minimum Gasteiger partial charge on any atom is -1.00 e. The van der Waals surface area contributed by atoms with Crippen LogP contribution < -0.4 is 29.6 Å². The second kappa shape index (κ2) is 4.82. The van der Waals surface area contributed by atoms with E-state index in [0.717, 1.165) is 5.75 Å². The molecule has 40 valence electrons. The van der Waals surface area contributed by atoms with Gasteiger partial charge in [0, 0.05) is 16.8 Å². The third-order valence-electron chi connectivity index (χ3n) is 0.639. The SMILES string of the molecule is SCc1cncs1.[H-].[Na+]. The minimum absolute atomic E-state index is 0. The van der Waals surface area contributed by atoms with Crippen molar-refractivity contribution in [2.75, 3.05) is 0 Å². The van der Waals surface area contributed by atoms with Gasteiger partial charge in [-0.25, -0.2) is 0 Å². The average Bonchev–Trinajstić information content (AvgIpc) is 2.14. The van der Waals surface area contributed by atoms with Crippen LogP contribution in [0.5, 0.6) is 0 Å². The summed E-state index contributed by atoms with van der Waals surface area (Å²) in [7, 11) is 0. The van der Waals surface area contributed by atoms with Gasteiger partial charge in [-0.15, -0.1) is 11.3 Å². The fourth-order valence-corrected chi connectivity index (χ4v) is 1.08. The van der Waals surface area contributed by atoms with Crippen molar-refractivity contribution < 1.29 is 31.0 Å². The summed E-state index contributed by atoms with van der Waals surface area (Å²) < 4.78 is 0. The van der Waals surface area contributed by atoms with Gasteiger partial charge in [-0.05, 0) is 0 Å². The van der Waals surface area contributed by atoms with Gasteiger partial charge in [0.2, 0.25) is 0 Å². The molecule has 4 heteroatoms. The molecule has 0 bridgehead atoms. The van der Waals surface area contributed by atoms with Gasteiger partial charge in [-0.1, -0.05) is 0 Å². The summed E-state index contributed by atoms with van der Waals surface area (Å²) in [4.78, 5) is 5.09. The Morgan fingerprint density at radius 3 is 2.88 bits per heavy atom. The van der Waals surface area contributed by atoms with Gasteiger partial charge in [0.05, 0.1) is 5.51 Å². The van der Waals surface area contributed by atoms with Crippen molar-refractivity contribution in [2.24, 2.45) is 0 Å². The summed E-state index contributed by atoms with van der Waals surface area (Å²) in [6.45, 7) is 0. The first kappa shape index (κ1) is 8.98. The zero-order chi connectivity index (χ0) is 5.11. The summed E-state index contributed by atoms with van der Waals surface area (Å²) in [6, 6.07) is 0. The van der Waals surface area contributed by atoms with Crippen LogP contribution in [-0.2, 0) is 5.75 Å². The van der Waals surface area contributed by atoms with Crippen LogP contribution in [0.3, 0.4) is 0 Å².